The fourth-order valence-electron chi connectivity index (χ4n) is 2.58. The summed E-state index contributed by atoms with van der Waals surface area (Å²) in [6, 6.07) is 12.0. The molecule has 0 aliphatic heterocycles. The highest BCUT2D eigenvalue weighted by atomic mass is 35.5. The predicted octanol–water partition coefficient (Wildman–Crippen LogP) is 4.29. The second-order valence-electron chi connectivity index (χ2n) is 5.89. The van der Waals surface area contributed by atoms with Crippen LogP contribution in [0.25, 0.3) is 11.3 Å². The summed E-state index contributed by atoms with van der Waals surface area (Å²) in [4.78, 5) is 22.8. The molecule has 1 heterocycles. The lowest BCUT2D eigenvalue weighted by Gasteiger charge is -2.08. The van der Waals surface area contributed by atoms with Crippen LogP contribution in [0.15, 0.2) is 58.0 Å². The minimum absolute atomic E-state index is 0.110. The first-order valence-electron chi connectivity index (χ1n) is 8.52. The van der Waals surface area contributed by atoms with E-state index >= 15 is 0 Å². The van der Waals surface area contributed by atoms with Gasteiger partial charge >= 0.3 is 0 Å². The predicted molar refractivity (Wildman–Crippen MR) is 110 cm³/mol. The molecule has 0 bridgehead atoms. The Morgan fingerprint density at radius 2 is 1.97 bits per heavy atom. The van der Waals surface area contributed by atoms with E-state index in [0.29, 0.717) is 33.6 Å². The Morgan fingerprint density at radius 1 is 1.17 bits per heavy atom. The molecule has 154 valence electrons. The molecule has 0 fully saturated rings. The van der Waals surface area contributed by atoms with Gasteiger partial charge in [0.25, 0.3) is 11.6 Å². The van der Waals surface area contributed by atoms with Crippen LogP contribution in [-0.2, 0) is 0 Å². The van der Waals surface area contributed by atoms with Crippen molar-refractivity contribution in [1.82, 2.24) is 5.43 Å². The Labute approximate surface area is 176 Å². The molecule has 0 aliphatic rings. The Kier molecular flexibility index (Phi) is 6.33. The van der Waals surface area contributed by atoms with Crippen molar-refractivity contribution in [2.75, 3.05) is 14.2 Å². The van der Waals surface area contributed by atoms with E-state index in [0.717, 1.165) is 0 Å². The van der Waals surface area contributed by atoms with Crippen LogP contribution in [0.1, 0.15) is 16.1 Å². The Morgan fingerprint density at radius 3 is 2.67 bits per heavy atom. The van der Waals surface area contributed by atoms with Crippen molar-refractivity contribution < 1.29 is 23.6 Å². The lowest BCUT2D eigenvalue weighted by atomic mass is 10.1. The third-order valence-electron chi connectivity index (χ3n) is 4.06. The molecular weight excluding hydrogens is 414 g/mol. The Bertz CT molecular complexity index is 1130. The number of nitro benzene ring substituents is 1. The van der Waals surface area contributed by atoms with E-state index in [-0.39, 0.29) is 11.3 Å². The summed E-state index contributed by atoms with van der Waals surface area (Å²) in [5.74, 6) is 1.04. The number of halogens is 1. The number of furan rings is 1. The highest BCUT2D eigenvalue weighted by molar-refractivity contribution is 6.33. The number of hydrazone groups is 1. The van der Waals surface area contributed by atoms with Crippen LogP contribution in [0.4, 0.5) is 5.69 Å². The van der Waals surface area contributed by atoms with E-state index in [1.165, 1.54) is 38.6 Å². The number of nitro groups is 1. The number of hydrogen-bond donors (Lipinski definition) is 1. The highest BCUT2D eigenvalue weighted by Gasteiger charge is 2.15. The molecule has 0 atom stereocenters. The molecule has 30 heavy (non-hydrogen) atoms. The SMILES string of the molecule is COc1ccc(C(=O)NN=Cc2ccc(-c3cc([N+](=O)[O-])ccc3Cl)o2)c(OC)c1. The largest absolute Gasteiger partial charge is 0.497 e. The zero-order valence-electron chi connectivity index (χ0n) is 15.9. The summed E-state index contributed by atoms with van der Waals surface area (Å²) >= 11 is 6.11. The van der Waals surface area contributed by atoms with Gasteiger partial charge in [-0.05, 0) is 30.3 Å². The van der Waals surface area contributed by atoms with Crippen molar-refractivity contribution in [2.24, 2.45) is 5.10 Å². The van der Waals surface area contributed by atoms with Crippen molar-refractivity contribution in [3.05, 3.63) is 75.0 Å². The summed E-state index contributed by atoms with van der Waals surface area (Å²) < 4.78 is 15.9. The molecule has 9 nitrogen and oxygen atoms in total. The van der Waals surface area contributed by atoms with Crippen molar-refractivity contribution in [3.8, 4) is 22.8 Å². The van der Waals surface area contributed by atoms with Crippen LogP contribution >= 0.6 is 11.6 Å². The van der Waals surface area contributed by atoms with E-state index in [9.17, 15) is 14.9 Å². The maximum atomic E-state index is 12.3. The number of methoxy groups -OCH3 is 2. The number of amides is 1. The van der Waals surface area contributed by atoms with Gasteiger partial charge in [0.2, 0.25) is 0 Å². The van der Waals surface area contributed by atoms with Crippen LogP contribution in [0.5, 0.6) is 11.5 Å². The van der Waals surface area contributed by atoms with Crippen LogP contribution in [0.3, 0.4) is 0 Å². The Balaban J connectivity index is 1.73. The van der Waals surface area contributed by atoms with E-state index < -0.39 is 10.8 Å². The molecule has 0 saturated heterocycles. The van der Waals surface area contributed by atoms with Gasteiger partial charge in [-0.2, -0.15) is 5.10 Å². The molecule has 0 radical (unpaired) electrons. The molecule has 1 aromatic heterocycles. The Hall–Kier alpha value is -3.85. The van der Waals surface area contributed by atoms with Crippen molar-refractivity contribution >= 4 is 29.4 Å². The van der Waals surface area contributed by atoms with Gasteiger partial charge in [-0.1, -0.05) is 11.6 Å². The first kappa shape index (κ1) is 20.9. The second kappa shape index (κ2) is 9.10. The quantitative estimate of drug-likeness (QED) is 0.340. The van der Waals surface area contributed by atoms with Crippen LogP contribution < -0.4 is 14.9 Å². The topological polar surface area (TPSA) is 116 Å². The summed E-state index contributed by atoms with van der Waals surface area (Å²) in [5, 5.41) is 15.1. The molecule has 1 amide bonds. The number of hydrogen-bond acceptors (Lipinski definition) is 7. The number of rotatable bonds is 7. The smallest absolute Gasteiger partial charge is 0.275 e. The average molecular weight is 430 g/mol. The number of ether oxygens (including phenoxy) is 2. The van der Waals surface area contributed by atoms with Crippen LogP contribution in [-0.4, -0.2) is 31.3 Å². The monoisotopic (exact) mass is 429 g/mol. The lowest BCUT2D eigenvalue weighted by molar-refractivity contribution is -0.384. The minimum Gasteiger partial charge on any atom is -0.497 e. The molecule has 0 spiro atoms. The van der Waals surface area contributed by atoms with Gasteiger partial charge in [-0.25, -0.2) is 5.43 Å². The van der Waals surface area contributed by atoms with Gasteiger partial charge in [0.15, 0.2) is 0 Å². The highest BCUT2D eigenvalue weighted by Crippen LogP contribution is 2.32. The second-order valence-corrected chi connectivity index (χ2v) is 6.30. The maximum Gasteiger partial charge on any atom is 0.275 e. The number of benzene rings is 2. The molecule has 3 aromatic rings. The van der Waals surface area contributed by atoms with E-state index in [4.69, 9.17) is 25.5 Å². The minimum atomic E-state index is -0.520. The first-order valence-corrected chi connectivity index (χ1v) is 8.90. The summed E-state index contributed by atoms with van der Waals surface area (Å²) in [6.07, 6.45) is 1.29. The molecule has 0 saturated carbocycles. The number of nitrogens with one attached hydrogen (secondary N) is 1. The first-order chi connectivity index (χ1) is 14.4. The third kappa shape index (κ3) is 4.58. The fourth-order valence-corrected chi connectivity index (χ4v) is 2.79. The van der Waals surface area contributed by atoms with Gasteiger partial charge in [-0.15, -0.1) is 0 Å². The summed E-state index contributed by atoms with van der Waals surface area (Å²) in [7, 11) is 2.95. The lowest BCUT2D eigenvalue weighted by Crippen LogP contribution is -2.18. The van der Waals surface area contributed by atoms with Crippen molar-refractivity contribution in [3.63, 3.8) is 0 Å². The van der Waals surface area contributed by atoms with Gasteiger partial charge in [0.05, 0.1) is 35.9 Å². The molecular formula is C20H16ClN3O6. The molecule has 3 rings (SSSR count). The fraction of sp³-hybridized carbons (Fsp3) is 0.100. The van der Waals surface area contributed by atoms with E-state index in [2.05, 4.69) is 10.5 Å². The van der Waals surface area contributed by atoms with E-state index in [1.807, 2.05) is 0 Å². The normalized spacial score (nSPS) is 10.8. The maximum absolute atomic E-state index is 12.3. The summed E-state index contributed by atoms with van der Waals surface area (Å²) in [5.41, 5.74) is 2.92. The molecule has 10 heteroatoms. The number of non-ortho nitro benzene ring substituents is 1. The van der Waals surface area contributed by atoms with Gasteiger partial charge < -0.3 is 13.9 Å². The van der Waals surface area contributed by atoms with Gasteiger partial charge in [0.1, 0.15) is 23.0 Å². The van der Waals surface area contributed by atoms with Gasteiger partial charge in [-0.3, -0.25) is 14.9 Å². The number of carbonyl (C=O) groups is 1. The zero-order valence-corrected chi connectivity index (χ0v) is 16.7. The van der Waals surface area contributed by atoms with E-state index in [1.54, 1.807) is 30.3 Å². The van der Waals surface area contributed by atoms with Crippen molar-refractivity contribution in [2.45, 2.75) is 0 Å². The van der Waals surface area contributed by atoms with Crippen LogP contribution in [0, 0.1) is 10.1 Å². The molecule has 1 N–H and O–H groups in total. The van der Waals surface area contributed by atoms with Crippen LogP contribution in [0.2, 0.25) is 5.02 Å². The third-order valence-corrected chi connectivity index (χ3v) is 4.39. The standard InChI is InChI=1S/C20H16ClN3O6/c1-28-13-4-6-15(19(10-13)29-2)20(25)23-22-11-14-5-8-18(30-14)16-9-12(24(26)27)3-7-17(16)21/h3-11H,1-2H3,(H,23,25). The number of carbonyl (C=O) groups excluding carboxylic acids is 1. The summed E-state index contributed by atoms with van der Waals surface area (Å²) in [6.45, 7) is 0. The van der Waals surface area contributed by atoms with Crippen molar-refractivity contribution in [1.29, 1.82) is 0 Å². The molecule has 0 unspecified atom stereocenters. The zero-order chi connectivity index (χ0) is 21.7. The van der Waals surface area contributed by atoms with Gasteiger partial charge in [0, 0.05) is 23.8 Å². The molecule has 0 aliphatic carbocycles. The molecule has 2 aromatic carbocycles. The number of nitrogens with zero attached hydrogens (tertiary/aromatic N) is 2. The average Bonchev–Trinajstić information content (AvgIpc) is 3.21.